The minimum absolute atomic E-state index is 0.0991. The van der Waals surface area contributed by atoms with Gasteiger partial charge in [0.25, 0.3) is 0 Å². The molecule has 0 unspecified atom stereocenters. The molecule has 0 amide bonds. The van der Waals surface area contributed by atoms with Crippen molar-refractivity contribution in [3.63, 3.8) is 0 Å². The van der Waals surface area contributed by atoms with Gasteiger partial charge in [-0.25, -0.2) is 8.42 Å². The number of ether oxygens (including phenoxy) is 1. The molecule has 86 valence electrons. The second kappa shape index (κ2) is 7.20. The molecule has 0 radical (unpaired) electrons. The second-order valence-electron chi connectivity index (χ2n) is 3.28. The zero-order chi connectivity index (χ0) is 11.0. The van der Waals surface area contributed by atoms with Gasteiger partial charge in [-0.3, -0.25) is 0 Å². The molecule has 1 atom stereocenters. The molecule has 14 heavy (non-hydrogen) atoms. The summed E-state index contributed by atoms with van der Waals surface area (Å²) in [5.41, 5.74) is 0. The topological polar surface area (TPSA) is 63.6 Å². The molecular weight excluding hydrogens is 204 g/mol. The van der Waals surface area contributed by atoms with Gasteiger partial charge in [0.2, 0.25) is 0 Å². The highest BCUT2D eigenvalue weighted by Crippen LogP contribution is 2.00. The van der Waals surface area contributed by atoms with Crippen LogP contribution in [0.4, 0.5) is 0 Å². The van der Waals surface area contributed by atoms with E-state index in [0.717, 1.165) is 6.42 Å². The molecule has 0 bridgehead atoms. The molecule has 5 heteroatoms. The van der Waals surface area contributed by atoms with E-state index in [4.69, 9.17) is 4.74 Å². The highest BCUT2D eigenvalue weighted by molar-refractivity contribution is 7.91. The molecule has 0 aromatic rings. The molecule has 0 saturated heterocycles. The Labute approximate surface area is 86.2 Å². The van der Waals surface area contributed by atoms with Crippen LogP contribution in [0, 0.1) is 0 Å². The molecule has 0 aromatic heterocycles. The van der Waals surface area contributed by atoms with Gasteiger partial charge in [0.1, 0.15) is 0 Å². The maximum absolute atomic E-state index is 11.3. The standard InChI is InChI=1S/C9H20O4S/c1-3-5-6-14(11,12)8-9(10)7-13-4-2/h9-10H,3-8H2,1-2H3/t9-/m0/s1. The van der Waals surface area contributed by atoms with Crippen LogP contribution in [-0.4, -0.2) is 44.3 Å². The zero-order valence-electron chi connectivity index (χ0n) is 8.90. The Bertz CT molecular complexity index is 223. The summed E-state index contributed by atoms with van der Waals surface area (Å²) in [6.07, 6.45) is 0.613. The van der Waals surface area contributed by atoms with Crippen LogP contribution >= 0.6 is 0 Å². The van der Waals surface area contributed by atoms with Crippen LogP contribution in [0.2, 0.25) is 0 Å². The van der Waals surface area contributed by atoms with E-state index in [1.165, 1.54) is 0 Å². The van der Waals surface area contributed by atoms with E-state index in [2.05, 4.69) is 0 Å². The maximum Gasteiger partial charge on any atom is 0.152 e. The fourth-order valence-corrected chi connectivity index (χ4v) is 2.62. The molecule has 0 spiro atoms. The van der Waals surface area contributed by atoms with E-state index in [1.807, 2.05) is 6.92 Å². The summed E-state index contributed by atoms with van der Waals surface area (Å²) in [5, 5.41) is 9.31. The van der Waals surface area contributed by atoms with Crippen molar-refractivity contribution in [1.82, 2.24) is 0 Å². The molecule has 0 rings (SSSR count). The molecular formula is C9H20O4S. The minimum Gasteiger partial charge on any atom is -0.390 e. The van der Waals surface area contributed by atoms with Crippen LogP contribution in [0.5, 0.6) is 0 Å². The summed E-state index contributed by atoms with van der Waals surface area (Å²) in [6.45, 7) is 4.33. The Kier molecular flexibility index (Phi) is 7.13. The van der Waals surface area contributed by atoms with Crippen molar-refractivity contribution in [3.05, 3.63) is 0 Å². The van der Waals surface area contributed by atoms with Crippen molar-refractivity contribution in [2.75, 3.05) is 24.7 Å². The number of sulfone groups is 1. The van der Waals surface area contributed by atoms with Gasteiger partial charge in [-0.05, 0) is 13.3 Å². The first kappa shape index (κ1) is 13.9. The van der Waals surface area contributed by atoms with Crippen molar-refractivity contribution in [2.24, 2.45) is 0 Å². The quantitative estimate of drug-likeness (QED) is 0.655. The number of rotatable bonds is 8. The van der Waals surface area contributed by atoms with Gasteiger partial charge in [-0.1, -0.05) is 13.3 Å². The van der Waals surface area contributed by atoms with Gasteiger partial charge >= 0.3 is 0 Å². The number of unbranched alkanes of at least 4 members (excludes halogenated alkanes) is 1. The van der Waals surface area contributed by atoms with Gasteiger partial charge in [-0.15, -0.1) is 0 Å². The van der Waals surface area contributed by atoms with Gasteiger partial charge in [-0.2, -0.15) is 0 Å². The number of hydrogen-bond donors (Lipinski definition) is 1. The average molecular weight is 224 g/mol. The molecule has 0 aliphatic carbocycles. The van der Waals surface area contributed by atoms with Crippen molar-refractivity contribution in [2.45, 2.75) is 32.8 Å². The highest BCUT2D eigenvalue weighted by Gasteiger charge is 2.16. The summed E-state index contributed by atoms with van der Waals surface area (Å²) < 4.78 is 27.6. The fraction of sp³-hybridized carbons (Fsp3) is 1.00. The molecule has 0 heterocycles. The Morgan fingerprint density at radius 3 is 2.50 bits per heavy atom. The van der Waals surface area contributed by atoms with Gasteiger partial charge < -0.3 is 9.84 Å². The lowest BCUT2D eigenvalue weighted by Crippen LogP contribution is -2.27. The Balaban J connectivity index is 3.83. The van der Waals surface area contributed by atoms with Crippen molar-refractivity contribution < 1.29 is 18.3 Å². The van der Waals surface area contributed by atoms with Crippen LogP contribution in [-0.2, 0) is 14.6 Å². The van der Waals surface area contributed by atoms with E-state index in [0.29, 0.717) is 13.0 Å². The summed E-state index contributed by atoms with van der Waals surface area (Å²) in [7, 11) is -3.10. The molecule has 0 saturated carbocycles. The summed E-state index contributed by atoms with van der Waals surface area (Å²) >= 11 is 0. The third-order valence-corrected chi connectivity index (χ3v) is 3.57. The smallest absolute Gasteiger partial charge is 0.152 e. The van der Waals surface area contributed by atoms with E-state index < -0.39 is 15.9 Å². The van der Waals surface area contributed by atoms with Gasteiger partial charge in [0, 0.05) is 6.61 Å². The number of aliphatic hydroxyl groups excluding tert-OH is 1. The van der Waals surface area contributed by atoms with E-state index in [1.54, 1.807) is 6.92 Å². The summed E-state index contributed by atoms with van der Waals surface area (Å²) in [6, 6.07) is 0. The lowest BCUT2D eigenvalue weighted by Gasteiger charge is -2.10. The fourth-order valence-electron chi connectivity index (χ4n) is 1.04. The predicted octanol–water partition coefficient (Wildman–Crippen LogP) is 0.599. The Hall–Kier alpha value is -0.130. The molecule has 0 aromatic carbocycles. The average Bonchev–Trinajstić information content (AvgIpc) is 2.11. The first-order valence-electron chi connectivity index (χ1n) is 4.98. The summed E-state index contributed by atoms with van der Waals surface area (Å²) in [5.74, 6) is -0.0281. The minimum atomic E-state index is -3.10. The normalized spacial score (nSPS) is 14.2. The molecule has 0 aliphatic rings. The van der Waals surface area contributed by atoms with Crippen LogP contribution in [0.15, 0.2) is 0 Å². The Morgan fingerprint density at radius 2 is 2.00 bits per heavy atom. The van der Waals surface area contributed by atoms with Crippen LogP contribution in [0.1, 0.15) is 26.7 Å². The predicted molar refractivity (Wildman–Crippen MR) is 56.1 cm³/mol. The zero-order valence-corrected chi connectivity index (χ0v) is 9.72. The number of aliphatic hydroxyl groups is 1. The highest BCUT2D eigenvalue weighted by atomic mass is 32.2. The van der Waals surface area contributed by atoms with Crippen molar-refractivity contribution in [3.8, 4) is 0 Å². The van der Waals surface area contributed by atoms with Crippen LogP contribution < -0.4 is 0 Å². The van der Waals surface area contributed by atoms with Gasteiger partial charge in [0.05, 0.1) is 24.2 Å². The van der Waals surface area contributed by atoms with Crippen LogP contribution in [0.25, 0.3) is 0 Å². The second-order valence-corrected chi connectivity index (χ2v) is 5.51. The van der Waals surface area contributed by atoms with Crippen LogP contribution in [0.3, 0.4) is 0 Å². The van der Waals surface area contributed by atoms with E-state index >= 15 is 0 Å². The third-order valence-electron chi connectivity index (χ3n) is 1.77. The Morgan fingerprint density at radius 1 is 1.36 bits per heavy atom. The van der Waals surface area contributed by atoms with E-state index in [-0.39, 0.29) is 18.1 Å². The lowest BCUT2D eigenvalue weighted by atomic mass is 10.4. The van der Waals surface area contributed by atoms with Gasteiger partial charge in [0.15, 0.2) is 9.84 Å². The molecule has 4 nitrogen and oxygen atoms in total. The monoisotopic (exact) mass is 224 g/mol. The largest absolute Gasteiger partial charge is 0.390 e. The molecule has 1 N–H and O–H groups in total. The van der Waals surface area contributed by atoms with Crippen molar-refractivity contribution >= 4 is 9.84 Å². The third kappa shape index (κ3) is 7.29. The molecule has 0 aliphatic heterocycles. The maximum atomic E-state index is 11.3. The SMILES string of the molecule is CCCCS(=O)(=O)C[C@@H](O)COCC. The number of hydrogen-bond acceptors (Lipinski definition) is 4. The van der Waals surface area contributed by atoms with Crippen molar-refractivity contribution in [1.29, 1.82) is 0 Å². The molecule has 0 fully saturated rings. The lowest BCUT2D eigenvalue weighted by molar-refractivity contribution is 0.0542. The first-order chi connectivity index (χ1) is 6.52. The first-order valence-corrected chi connectivity index (χ1v) is 6.80. The summed E-state index contributed by atoms with van der Waals surface area (Å²) in [4.78, 5) is 0. The van der Waals surface area contributed by atoms with E-state index in [9.17, 15) is 13.5 Å².